The number of nitrogens with zero attached hydrogens (tertiary/aromatic N) is 1. The minimum atomic E-state index is -2.76. The van der Waals surface area contributed by atoms with Crippen LogP contribution in [0.4, 0.5) is 0 Å². The van der Waals surface area contributed by atoms with Gasteiger partial charge in [0.25, 0.3) is 0 Å². The lowest BCUT2D eigenvalue weighted by molar-refractivity contribution is 0.222. The van der Waals surface area contributed by atoms with Crippen LogP contribution in [-0.2, 0) is 9.84 Å². The molecule has 0 spiro atoms. The van der Waals surface area contributed by atoms with E-state index in [9.17, 15) is 8.42 Å². The van der Waals surface area contributed by atoms with E-state index >= 15 is 0 Å². The molecule has 1 aliphatic heterocycles. The number of hydrogen-bond donors (Lipinski definition) is 1. The van der Waals surface area contributed by atoms with Gasteiger partial charge in [0, 0.05) is 12.6 Å². The van der Waals surface area contributed by atoms with Gasteiger partial charge in [-0.2, -0.15) is 0 Å². The van der Waals surface area contributed by atoms with E-state index in [2.05, 4.69) is 17.1 Å². The third-order valence-corrected chi connectivity index (χ3v) is 4.90. The molecular weight excluding hydrogens is 224 g/mol. The number of rotatable bonds is 6. The second-order valence-electron chi connectivity index (χ2n) is 4.56. The normalized spacial score (nSPS) is 25.8. The fraction of sp³-hybridized carbons (Fsp3) is 1.00. The Morgan fingerprint density at radius 1 is 1.38 bits per heavy atom. The minimum Gasteiger partial charge on any atom is -0.317 e. The molecule has 16 heavy (non-hydrogen) atoms. The van der Waals surface area contributed by atoms with E-state index in [-0.39, 0.29) is 6.04 Å². The van der Waals surface area contributed by atoms with Crippen LogP contribution in [0.25, 0.3) is 0 Å². The monoisotopic (exact) mass is 248 g/mol. The topological polar surface area (TPSA) is 49.4 Å². The number of unbranched alkanes of at least 4 members (excludes halogenated alkanes) is 1. The van der Waals surface area contributed by atoms with Crippen molar-refractivity contribution in [3.05, 3.63) is 0 Å². The van der Waals surface area contributed by atoms with Crippen molar-refractivity contribution < 1.29 is 8.42 Å². The van der Waals surface area contributed by atoms with Crippen LogP contribution in [0.2, 0.25) is 0 Å². The molecule has 0 aliphatic carbocycles. The summed E-state index contributed by atoms with van der Waals surface area (Å²) in [6, 6.07) is 0.192. The van der Waals surface area contributed by atoms with Crippen molar-refractivity contribution in [3.63, 3.8) is 0 Å². The van der Waals surface area contributed by atoms with Crippen molar-refractivity contribution in [2.75, 3.05) is 37.7 Å². The summed E-state index contributed by atoms with van der Waals surface area (Å²) in [7, 11) is -2.76. The van der Waals surface area contributed by atoms with Crippen molar-refractivity contribution >= 4 is 9.84 Å². The molecule has 1 heterocycles. The van der Waals surface area contributed by atoms with E-state index in [1.54, 1.807) is 0 Å². The number of hydrogen-bond acceptors (Lipinski definition) is 4. The van der Waals surface area contributed by atoms with E-state index in [0.717, 1.165) is 26.1 Å². The Hall–Kier alpha value is -0.130. The van der Waals surface area contributed by atoms with Crippen molar-refractivity contribution in [2.24, 2.45) is 0 Å². The third kappa shape index (κ3) is 4.80. The predicted molar refractivity (Wildman–Crippen MR) is 67.5 cm³/mol. The average Bonchev–Trinajstić information content (AvgIpc) is 2.20. The molecule has 96 valence electrons. The minimum absolute atomic E-state index is 0.192. The van der Waals surface area contributed by atoms with Gasteiger partial charge in [-0.3, -0.25) is 4.90 Å². The highest BCUT2D eigenvalue weighted by Gasteiger charge is 2.27. The molecule has 1 N–H and O–H groups in total. The number of nitrogens with one attached hydrogen (secondary N) is 1. The van der Waals surface area contributed by atoms with Gasteiger partial charge in [-0.05, 0) is 39.4 Å². The van der Waals surface area contributed by atoms with Gasteiger partial charge in [0.1, 0.15) is 0 Å². The van der Waals surface area contributed by atoms with Crippen molar-refractivity contribution in [1.29, 1.82) is 0 Å². The molecule has 1 atom stereocenters. The van der Waals surface area contributed by atoms with Crippen LogP contribution in [-0.4, -0.2) is 57.0 Å². The first kappa shape index (κ1) is 13.9. The second kappa shape index (κ2) is 6.57. The lowest BCUT2D eigenvalue weighted by Gasteiger charge is -2.33. The van der Waals surface area contributed by atoms with Gasteiger partial charge >= 0.3 is 0 Å². The van der Waals surface area contributed by atoms with Gasteiger partial charge in [0.05, 0.1) is 11.5 Å². The molecule has 1 aliphatic rings. The first-order valence-corrected chi connectivity index (χ1v) is 8.02. The zero-order chi connectivity index (χ0) is 12.0. The van der Waals surface area contributed by atoms with Gasteiger partial charge in [0.2, 0.25) is 0 Å². The molecular formula is C11H24N2O2S. The van der Waals surface area contributed by atoms with Gasteiger partial charge in [-0.15, -0.1) is 0 Å². The Bertz CT molecular complexity index is 290. The maximum absolute atomic E-state index is 11.4. The first-order valence-electron chi connectivity index (χ1n) is 6.20. The fourth-order valence-corrected chi connectivity index (χ4v) is 3.73. The summed E-state index contributed by atoms with van der Waals surface area (Å²) < 4.78 is 22.8. The van der Waals surface area contributed by atoms with Crippen LogP contribution in [0.3, 0.4) is 0 Å². The maximum Gasteiger partial charge on any atom is 0.153 e. The molecule has 1 fully saturated rings. The molecule has 0 aromatic rings. The summed E-state index contributed by atoms with van der Waals surface area (Å²) in [6.07, 6.45) is 2.32. The van der Waals surface area contributed by atoms with Gasteiger partial charge in [-0.1, -0.05) is 6.92 Å². The molecule has 5 heteroatoms. The zero-order valence-electron chi connectivity index (χ0n) is 10.4. The van der Waals surface area contributed by atoms with Crippen LogP contribution >= 0.6 is 0 Å². The predicted octanol–water partition coefficient (Wildman–Crippen LogP) is 0.495. The molecule has 0 bridgehead atoms. The molecule has 0 amide bonds. The fourth-order valence-electron chi connectivity index (χ4n) is 2.11. The van der Waals surface area contributed by atoms with Crippen LogP contribution in [0, 0.1) is 0 Å². The lowest BCUT2D eigenvalue weighted by Crippen LogP contribution is -2.47. The molecule has 0 aromatic heterocycles. The number of sulfone groups is 1. The Labute approximate surface area is 99.3 Å². The Balaban J connectivity index is 2.18. The molecule has 1 saturated heterocycles. The Morgan fingerprint density at radius 2 is 2.12 bits per heavy atom. The summed E-state index contributed by atoms with van der Waals surface area (Å²) in [5, 5.41) is 3.30. The van der Waals surface area contributed by atoms with E-state index in [1.807, 2.05) is 6.92 Å². The largest absolute Gasteiger partial charge is 0.317 e. The summed E-state index contributed by atoms with van der Waals surface area (Å²) in [4.78, 5) is 2.30. The maximum atomic E-state index is 11.4. The van der Waals surface area contributed by atoms with Gasteiger partial charge < -0.3 is 5.32 Å². The lowest BCUT2D eigenvalue weighted by atomic mass is 10.2. The molecule has 1 rings (SSSR count). The van der Waals surface area contributed by atoms with Crippen LogP contribution in [0.5, 0.6) is 0 Å². The average molecular weight is 248 g/mol. The highest BCUT2D eigenvalue weighted by Crippen LogP contribution is 2.11. The molecule has 1 unspecified atom stereocenters. The standard InChI is InChI=1S/C11H24N2O2S/c1-3-12-6-4-5-7-13-8-9-16(14,15)10-11(13)2/h11-12H,3-10H2,1-2H3. The molecule has 4 nitrogen and oxygen atoms in total. The summed E-state index contributed by atoms with van der Waals surface area (Å²) >= 11 is 0. The SMILES string of the molecule is CCNCCCCN1CCS(=O)(=O)CC1C. The van der Waals surface area contributed by atoms with Crippen molar-refractivity contribution in [2.45, 2.75) is 32.7 Å². The Kier molecular flexibility index (Phi) is 5.72. The summed E-state index contributed by atoms with van der Waals surface area (Å²) in [5.41, 5.74) is 0. The third-order valence-electron chi connectivity index (χ3n) is 3.11. The zero-order valence-corrected chi connectivity index (χ0v) is 11.2. The van der Waals surface area contributed by atoms with Gasteiger partial charge in [-0.25, -0.2) is 8.42 Å². The Morgan fingerprint density at radius 3 is 2.75 bits per heavy atom. The highest BCUT2D eigenvalue weighted by molar-refractivity contribution is 7.91. The highest BCUT2D eigenvalue weighted by atomic mass is 32.2. The quantitative estimate of drug-likeness (QED) is 0.695. The molecule has 0 aromatic carbocycles. The molecule has 0 saturated carbocycles. The van der Waals surface area contributed by atoms with Crippen LogP contribution in [0.1, 0.15) is 26.7 Å². The van der Waals surface area contributed by atoms with Gasteiger partial charge in [0.15, 0.2) is 9.84 Å². The van der Waals surface area contributed by atoms with E-state index in [0.29, 0.717) is 18.1 Å². The molecule has 0 radical (unpaired) electrons. The summed E-state index contributed by atoms with van der Waals surface area (Å²) in [5.74, 6) is 0.671. The van der Waals surface area contributed by atoms with Crippen molar-refractivity contribution in [1.82, 2.24) is 10.2 Å². The van der Waals surface area contributed by atoms with Crippen LogP contribution in [0.15, 0.2) is 0 Å². The summed E-state index contributed by atoms with van der Waals surface area (Å²) in [6.45, 7) is 7.96. The van der Waals surface area contributed by atoms with E-state index in [1.165, 1.54) is 6.42 Å². The van der Waals surface area contributed by atoms with E-state index in [4.69, 9.17) is 0 Å². The van der Waals surface area contributed by atoms with E-state index < -0.39 is 9.84 Å². The van der Waals surface area contributed by atoms with Crippen molar-refractivity contribution in [3.8, 4) is 0 Å². The first-order chi connectivity index (χ1) is 7.55. The smallest absolute Gasteiger partial charge is 0.153 e. The second-order valence-corrected chi connectivity index (χ2v) is 6.79. The van der Waals surface area contributed by atoms with Crippen LogP contribution < -0.4 is 5.32 Å².